The van der Waals surface area contributed by atoms with Crippen LogP contribution in [0.5, 0.6) is 0 Å². The van der Waals surface area contributed by atoms with Crippen LogP contribution in [0.2, 0.25) is 0 Å². The van der Waals surface area contributed by atoms with Crippen molar-refractivity contribution in [1.82, 2.24) is 9.80 Å². The van der Waals surface area contributed by atoms with Gasteiger partial charge >= 0.3 is 5.97 Å². The zero-order chi connectivity index (χ0) is 17.5. The maximum absolute atomic E-state index is 12.0. The number of nitrogens with zero attached hydrogens (tertiary/aromatic N) is 2. The molecule has 2 N–H and O–H groups in total. The molecule has 0 radical (unpaired) electrons. The molecule has 2 heterocycles. The number of carbonyl (C=O) groups is 4. The number of hydrogen-bond acceptors (Lipinski definition) is 5. The number of esters is 1. The van der Waals surface area contributed by atoms with Gasteiger partial charge in [0.05, 0.1) is 0 Å². The van der Waals surface area contributed by atoms with Gasteiger partial charge in [-0.15, -0.1) is 0 Å². The molecule has 2 rings (SSSR count). The van der Waals surface area contributed by atoms with Gasteiger partial charge in [-0.05, 0) is 25.7 Å². The predicted molar refractivity (Wildman–Crippen MR) is 84.5 cm³/mol. The molecule has 24 heavy (non-hydrogen) atoms. The largest absolute Gasteiger partial charge is 0.454 e. The van der Waals surface area contributed by atoms with Crippen LogP contribution in [-0.2, 0) is 23.9 Å². The zero-order valence-electron chi connectivity index (χ0n) is 13.9. The Morgan fingerprint density at radius 2 is 1.79 bits per heavy atom. The minimum Gasteiger partial charge on any atom is -0.454 e. The van der Waals surface area contributed by atoms with Crippen LogP contribution in [-0.4, -0.2) is 66.3 Å². The first-order valence-corrected chi connectivity index (χ1v) is 8.48. The van der Waals surface area contributed by atoms with E-state index in [9.17, 15) is 19.2 Å². The molecule has 2 fully saturated rings. The van der Waals surface area contributed by atoms with E-state index in [4.69, 9.17) is 10.5 Å². The second-order valence-electron chi connectivity index (χ2n) is 6.34. The third-order valence-corrected chi connectivity index (χ3v) is 4.60. The minimum atomic E-state index is -0.564. The first-order chi connectivity index (χ1) is 11.5. The number of likely N-dealkylation sites (tertiary alicyclic amines) is 2. The smallest absolute Gasteiger partial charge is 0.326 e. The number of ether oxygens (including phenoxy) is 1. The molecule has 8 nitrogen and oxygen atoms in total. The summed E-state index contributed by atoms with van der Waals surface area (Å²) in [4.78, 5) is 49.9. The van der Waals surface area contributed by atoms with Crippen LogP contribution < -0.4 is 5.73 Å². The average molecular weight is 339 g/mol. The van der Waals surface area contributed by atoms with Crippen LogP contribution in [0.3, 0.4) is 0 Å². The summed E-state index contributed by atoms with van der Waals surface area (Å²) >= 11 is 0. The Labute approximate surface area is 141 Å². The molecule has 0 unspecified atom stereocenters. The second-order valence-corrected chi connectivity index (χ2v) is 6.34. The van der Waals surface area contributed by atoms with Crippen molar-refractivity contribution in [3.05, 3.63) is 0 Å². The van der Waals surface area contributed by atoms with Crippen LogP contribution in [0.4, 0.5) is 0 Å². The Bertz CT molecular complexity index is 500. The summed E-state index contributed by atoms with van der Waals surface area (Å²) in [5.74, 6) is -1.41. The molecule has 0 aliphatic carbocycles. The van der Waals surface area contributed by atoms with E-state index >= 15 is 0 Å². The number of primary amides is 1. The van der Waals surface area contributed by atoms with E-state index < -0.39 is 5.97 Å². The average Bonchev–Trinajstić information content (AvgIpc) is 2.77. The van der Waals surface area contributed by atoms with Crippen molar-refractivity contribution in [3.63, 3.8) is 0 Å². The Morgan fingerprint density at radius 3 is 2.46 bits per heavy atom. The molecule has 0 aromatic heterocycles. The van der Waals surface area contributed by atoms with Crippen LogP contribution in [0.15, 0.2) is 0 Å². The van der Waals surface area contributed by atoms with E-state index in [1.807, 2.05) is 0 Å². The van der Waals surface area contributed by atoms with E-state index in [0.29, 0.717) is 38.9 Å². The van der Waals surface area contributed by atoms with Crippen molar-refractivity contribution in [2.45, 2.75) is 38.5 Å². The third kappa shape index (κ3) is 5.21. The van der Waals surface area contributed by atoms with Crippen molar-refractivity contribution >= 4 is 23.7 Å². The number of amides is 3. The maximum atomic E-state index is 12.0. The summed E-state index contributed by atoms with van der Waals surface area (Å²) in [6, 6.07) is 0. The van der Waals surface area contributed by atoms with Gasteiger partial charge in [-0.1, -0.05) is 6.42 Å². The molecular weight excluding hydrogens is 314 g/mol. The van der Waals surface area contributed by atoms with Gasteiger partial charge in [-0.3, -0.25) is 19.2 Å². The van der Waals surface area contributed by atoms with E-state index in [-0.39, 0.29) is 36.8 Å². The topological polar surface area (TPSA) is 110 Å². The SMILES string of the molecule is NC(=O)C1CCN(C(=O)COC(=O)CN2CCCCCC2=O)CC1. The lowest BCUT2D eigenvalue weighted by Gasteiger charge is -2.30. The molecule has 0 spiro atoms. The lowest BCUT2D eigenvalue weighted by molar-refractivity contribution is -0.155. The Hall–Kier alpha value is -2.12. The summed E-state index contributed by atoms with van der Waals surface area (Å²) in [5, 5.41) is 0. The molecule has 2 saturated heterocycles. The van der Waals surface area contributed by atoms with Crippen molar-refractivity contribution in [2.24, 2.45) is 11.7 Å². The van der Waals surface area contributed by atoms with Gasteiger partial charge in [0.15, 0.2) is 6.61 Å². The molecule has 8 heteroatoms. The molecule has 2 aliphatic rings. The van der Waals surface area contributed by atoms with Gasteiger partial charge in [-0.2, -0.15) is 0 Å². The van der Waals surface area contributed by atoms with Crippen LogP contribution >= 0.6 is 0 Å². The minimum absolute atomic E-state index is 0.0377. The van der Waals surface area contributed by atoms with Gasteiger partial charge in [-0.25, -0.2) is 0 Å². The highest BCUT2D eigenvalue weighted by Crippen LogP contribution is 2.16. The normalized spacial score (nSPS) is 19.8. The second kappa shape index (κ2) is 8.65. The van der Waals surface area contributed by atoms with Gasteiger partial charge < -0.3 is 20.3 Å². The Morgan fingerprint density at radius 1 is 1.08 bits per heavy atom. The molecule has 0 aromatic carbocycles. The predicted octanol–water partition coefficient (Wildman–Crippen LogP) is -0.344. The maximum Gasteiger partial charge on any atom is 0.326 e. The number of carbonyl (C=O) groups excluding carboxylic acids is 4. The van der Waals surface area contributed by atoms with Crippen molar-refractivity contribution in [1.29, 1.82) is 0 Å². The van der Waals surface area contributed by atoms with E-state index in [2.05, 4.69) is 0 Å². The van der Waals surface area contributed by atoms with Gasteiger partial charge in [0.2, 0.25) is 11.8 Å². The van der Waals surface area contributed by atoms with Crippen molar-refractivity contribution < 1.29 is 23.9 Å². The monoisotopic (exact) mass is 339 g/mol. The summed E-state index contributed by atoms with van der Waals surface area (Å²) in [5.41, 5.74) is 5.25. The fourth-order valence-corrected chi connectivity index (χ4v) is 3.05. The first-order valence-electron chi connectivity index (χ1n) is 8.48. The molecule has 0 saturated carbocycles. The lowest BCUT2D eigenvalue weighted by Crippen LogP contribution is -2.44. The molecule has 0 aromatic rings. The summed E-state index contributed by atoms with van der Waals surface area (Å²) < 4.78 is 5.01. The molecule has 0 bridgehead atoms. The van der Waals surface area contributed by atoms with E-state index in [1.165, 1.54) is 4.90 Å². The van der Waals surface area contributed by atoms with Crippen LogP contribution in [0, 0.1) is 5.92 Å². The van der Waals surface area contributed by atoms with Crippen LogP contribution in [0.25, 0.3) is 0 Å². The fraction of sp³-hybridized carbons (Fsp3) is 0.750. The summed E-state index contributed by atoms with van der Waals surface area (Å²) in [6.07, 6.45) is 4.25. The lowest BCUT2D eigenvalue weighted by atomic mass is 9.96. The van der Waals surface area contributed by atoms with Crippen LogP contribution in [0.1, 0.15) is 38.5 Å². The zero-order valence-corrected chi connectivity index (χ0v) is 13.9. The summed E-state index contributed by atoms with van der Waals surface area (Å²) in [7, 11) is 0. The molecule has 2 aliphatic heterocycles. The highest BCUT2D eigenvalue weighted by molar-refractivity contribution is 5.84. The number of nitrogens with two attached hydrogens (primary N) is 1. The third-order valence-electron chi connectivity index (χ3n) is 4.60. The van der Waals surface area contributed by atoms with Gasteiger partial charge in [0.1, 0.15) is 6.54 Å². The number of rotatable bonds is 5. The standard InChI is InChI=1S/C16H25N3O5/c17-16(23)12-5-8-18(9-6-12)14(21)11-24-15(22)10-19-7-3-1-2-4-13(19)20/h12H,1-11H2,(H2,17,23). The molecule has 0 atom stereocenters. The first kappa shape index (κ1) is 18.2. The van der Waals surface area contributed by atoms with Gasteiger partial charge in [0, 0.05) is 32.0 Å². The van der Waals surface area contributed by atoms with Crippen molar-refractivity contribution in [2.75, 3.05) is 32.8 Å². The molecular formula is C16H25N3O5. The fourth-order valence-electron chi connectivity index (χ4n) is 3.05. The molecule has 134 valence electrons. The Kier molecular flexibility index (Phi) is 6.57. The van der Waals surface area contributed by atoms with E-state index in [0.717, 1.165) is 19.3 Å². The van der Waals surface area contributed by atoms with Gasteiger partial charge in [0.25, 0.3) is 5.91 Å². The number of piperidine rings is 1. The highest BCUT2D eigenvalue weighted by atomic mass is 16.5. The number of hydrogen-bond donors (Lipinski definition) is 1. The quantitative estimate of drug-likeness (QED) is 0.689. The molecule has 3 amide bonds. The van der Waals surface area contributed by atoms with Crippen molar-refractivity contribution in [3.8, 4) is 0 Å². The van der Waals surface area contributed by atoms with E-state index in [1.54, 1.807) is 4.90 Å². The highest BCUT2D eigenvalue weighted by Gasteiger charge is 2.26. The Balaban J connectivity index is 1.70. The summed E-state index contributed by atoms with van der Waals surface area (Å²) in [6.45, 7) is 1.00.